The van der Waals surface area contributed by atoms with Crippen molar-refractivity contribution in [3.63, 3.8) is 0 Å². The van der Waals surface area contributed by atoms with E-state index in [0.717, 1.165) is 19.4 Å². The van der Waals surface area contributed by atoms with Crippen molar-refractivity contribution in [1.82, 2.24) is 10.6 Å². The summed E-state index contributed by atoms with van der Waals surface area (Å²) in [6.07, 6.45) is 2.43. The number of carboxylic acids is 1. The van der Waals surface area contributed by atoms with Crippen LogP contribution in [0.5, 0.6) is 0 Å². The van der Waals surface area contributed by atoms with Crippen LogP contribution in [0.4, 0.5) is 0 Å². The van der Waals surface area contributed by atoms with Crippen LogP contribution >= 0.6 is 0 Å². The van der Waals surface area contributed by atoms with E-state index in [1.54, 1.807) is 20.8 Å². The molecule has 1 amide bonds. The number of hydrogen-bond acceptors (Lipinski definition) is 3. The molecule has 0 bridgehead atoms. The third kappa shape index (κ3) is 4.34. The SMILES string of the molecule is CC(C)(C)C(NC(=O)CC1CCCN1)C(=O)O. The third-order valence-corrected chi connectivity index (χ3v) is 3.01. The molecule has 5 heteroatoms. The Morgan fingerprint density at radius 2 is 2.12 bits per heavy atom. The molecule has 0 radical (unpaired) electrons. The summed E-state index contributed by atoms with van der Waals surface area (Å²) < 4.78 is 0. The molecule has 0 saturated carbocycles. The lowest BCUT2D eigenvalue weighted by molar-refractivity contribution is -0.145. The van der Waals surface area contributed by atoms with E-state index in [2.05, 4.69) is 10.6 Å². The summed E-state index contributed by atoms with van der Waals surface area (Å²) in [5.41, 5.74) is -0.482. The minimum Gasteiger partial charge on any atom is -0.480 e. The van der Waals surface area contributed by atoms with Gasteiger partial charge in [0.1, 0.15) is 6.04 Å². The Bertz CT molecular complexity index is 291. The van der Waals surface area contributed by atoms with Crippen LogP contribution < -0.4 is 10.6 Å². The Kier molecular flexibility index (Phi) is 4.51. The molecule has 0 spiro atoms. The Morgan fingerprint density at radius 1 is 1.47 bits per heavy atom. The van der Waals surface area contributed by atoms with E-state index in [0.29, 0.717) is 6.42 Å². The van der Waals surface area contributed by atoms with Crippen LogP contribution in [0, 0.1) is 5.41 Å². The van der Waals surface area contributed by atoms with Gasteiger partial charge in [0.15, 0.2) is 0 Å². The number of amides is 1. The first kappa shape index (κ1) is 14.0. The second kappa shape index (κ2) is 5.49. The Labute approximate surface area is 102 Å². The van der Waals surface area contributed by atoms with Crippen molar-refractivity contribution in [3.8, 4) is 0 Å². The number of nitrogens with one attached hydrogen (secondary N) is 2. The summed E-state index contributed by atoms with van der Waals surface area (Å²) in [6.45, 7) is 6.36. The highest BCUT2D eigenvalue weighted by atomic mass is 16.4. The predicted molar refractivity (Wildman–Crippen MR) is 64.7 cm³/mol. The van der Waals surface area contributed by atoms with Gasteiger partial charge in [-0.3, -0.25) is 4.79 Å². The molecule has 1 aliphatic heterocycles. The van der Waals surface area contributed by atoms with Gasteiger partial charge in [0.25, 0.3) is 0 Å². The molecule has 0 aromatic rings. The molecule has 1 saturated heterocycles. The summed E-state index contributed by atoms with van der Waals surface area (Å²) in [7, 11) is 0. The number of aliphatic carboxylic acids is 1. The highest BCUT2D eigenvalue weighted by Gasteiger charge is 2.33. The van der Waals surface area contributed by atoms with Crippen molar-refractivity contribution in [2.45, 2.75) is 52.1 Å². The lowest BCUT2D eigenvalue weighted by atomic mass is 9.86. The standard InChI is InChI=1S/C12H22N2O3/c1-12(2,3)10(11(16)17)14-9(15)7-8-5-4-6-13-8/h8,10,13H,4-7H2,1-3H3,(H,14,15)(H,16,17). The smallest absolute Gasteiger partial charge is 0.326 e. The van der Waals surface area contributed by atoms with E-state index >= 15 is 0 Å². The summed E-state index contributed by atoms with van der Waals surface area (Å²) in [4.78, 5) is 22.8. The zero-order valence-corrected chi connectivity index (χ0v) is 10.7. The van der Waals surface area contributed by atoms with Crippen molar-refractivity contribution < 1.29 is 14.7 Å². The summed E-state index contributed by atoms with van der Waals surface area (Å²) in [5.74, 6) is -1.17. The molecule has 2 unspecified atom stereocenters. The van der Waals surface area contributed by atoms with Gasteiger partial charge in [0, 0.05) is 12.5 Å². The fraction of sp³-hybridized carbons (Fsp3) is 0.833. The second-order valence-electron chi connectivity index (χ2n) is 5.70. The zero-order chi connectivity index (χ0) is 13.1. The number of carbonyl (C=O) groups is 2. The number of rotatable bonds is 4. The van der Waals surface area contributed by atoms with Crippen LogP contribution in [-0.4, -0.2) is 35.6 Å². The topological polar surface area (TPSA) is 78.4 Å². The monoisotopic (exact) mass is 242 g/mol. The maximum atomic E-state index is 11.7. The molecule has 98 valence electrons. The summed E-state index contributed by atoms with van der Waals surface area (Å²) >= 11 is 0. The molecule has 17 heavy (non-hydrogen) atoms. The first-order valence-corrected chi connectivity index (χ1v) is 6.06. The fourth-order valence-corrected chi connectivity index (χ4v) is 2.02. The van der Waals surface area contributed by atoms with Crippen molar-refractivity contribution in [2.75, 3.05) is 6.54 Å². The van der Waals surface area contributed by atoms with Gasteiger partial charge in [0.05, 0.1) is 0 Å². The molecule has 1 aliphatic rings. The first-order chi connectivity index (χ1) is 7.80. The minimum absolute atomic E-state index is 0.188. The van der Waals surface area contributed by atoms with Crippen LogP contribution in [0.3, 0.4) is 0 Å². The highest BCUT2D eigenvalue weighted by Crippen LogP contribution is 2.20. The predicted octanol–water partition coefficient (Wildman–Crippen LogP) is 0.744. The van der Waals surface area contributed by atoms with Gasteiger partial charge in [0.2, 0.25) is 5.91 Å². The zero-order valence-electron chi connectivity index (χ0n) is 10.7. The van der Waals surface area contributed by atoms with Crippen LogP contribution in [0.25, 0.3) is 0 Å². The van der Waals surface area contributed by atoms with Gasteiger partial charge in [-0.25, -0.2) is 4.79 Å². The molecule has 2 atom stereocenters. The fourth-order valence-electron chi connectivity index (χ4n) is 2.02. The summed E-state index contributed by atoms with van der Waals surface area (Å²) in [6, 6.07) is -0.638. The first-order valence-electron chi connectivity index (χ1n) is 6.06. The number of hydrogen-bond donors (Lipinski definition) is 3. The maximum absolute atomic E-state index is 11.7. The second-order valence-corrected chi connectivity index (χ2v) is 5.70. The Balaban J connectivity index is 2.49. The molecular formula is C12H22N2O3. The van der Waals surface area contributed by atoms with Crippen molar-refractivity contribution >= 4 is 11.9 Å². The molecule has 3 N–H and O–H groups in total. The van der Waals surface area contributed by atoms with Crippen LogP contribution in [0.1, 0.15) is 40.0 Å². The molecule has 0 aromatic carbocycles. The van der Waals surface area contributed by atoms with E-state index < -0.39 is 17.4 Å². The van der Waals surface area contributed by atoms with Gasteiger partial charge < -0.3 is 15.7 Å². The summed E-state index contributed by atoms with van der Waals surface area (Å²) in [5, 5.41) is 14.9. The largest absolute Gasteiger partial charge is 0.480 e. The Hall–Kier alpha value is -1.10. The van der Waals surface area contributed by atoms with E-state index in [1.165, 1.54) is 0 Å². The van der Waals surface area contributed by atoms with Crippen molar-refractivity contribution in [1.29, 1.82) is 0 Å². The lowest BCUT2D eigenvalue weighted by Crippen LogP contribution is -2.50. The maximum Gasteiger partial charge on any atom is 0.326 e. The lowest BCUT2D eigenvalue weighted by Gasteiger charge is -2.28. The third-order valence-electron chi connectivity index (χ3n) is 3.01. The molecule has 5 nitrogen and oxygen atoms in total. The van der Waals surface area contributed by atoms with E-state index in [4.69, 9.17) is 5.11 Å². The molecule has 1 fully saturated rings. The van der Waals surface area contributed by atoms with E-state index in [1.807, 2.05) is 0 Å². The molecule has 0 aromatic heterocycles. The number of carbonyl (C=O) groups excluding carboxylic acids is 1. The van der Waals surface area contributed by atoms with Gasteiger partial charge in [-0.1, -0.05) is 20.8 Å². The van der Waals surface area contributed by atoms with E-state index in [9.17, 15) is 9.59 Å². The quantitative estimate of drug-likeness (QED) is 0.679. The average Bonchev–Trinajstić information content (AvgIpc) is 2.64. The van der Waals surface area contributed by atoms with Gasteiger partial charge in [-0.15, -0.1) is 0 Å². The van der Waals surface area contributed by atoms with Gasteiger partial charge in [-0.2, -0.15) is 0 Å². The van der Waals surface area contributed by atoms with Crippen LogP contribution in [-0.2, 0) is 9.59 Å². The van der Waals surface area contributed by atoms with E-state index in [-0.39, 0.29) is 11.9 Å². The molecule has 1 rings (SSSR count). The Morgan fingerprint density at radius 3 is 2.53 bits per heavy atom. The normalized spacial score (nSPS) is 22.2. The number of carboxylic acid groups (broad SMARTS) is 1. The van der Waals surface area contributed by atoms with Crippen molar-refractivity contribution in [2.24, 2.45) is 5.41 Å². The minimum atomic E-state index is -0.981. The van der Waals surface area contributed by atoms with Crippen LogP contribution in [0.15, 0.2) is 0 Å². The molecule has 1 heterocycles. The highest BCUT2D eigenvalue weighted by molar-refractivity contribution is 5.84. The average molecular weight is 242 g/mol. The van der Waals surface area contributed by atoms with Crippen molar-refractivity contribution in [3.05, 3.63) is 0 Å². The van der Waals surface area contributed by atoms with Crippen LogP contribution in [0.2, 0.25) is 0 Å². The molecule has 0 aliphatic carbocycles. The molecular weight excluding hydrogens is 220 g/mol. The van der Waals surface area contributed by atoms with Gasteiger partial charge >= 0.3 is 5.97 Å². The van der Waals surface area contributed by atoms with Gasteiger partial charge in [-0.05, 0) is 24.8 Å².